The van der Waals surface area contributed by atoms with E-state index in [9.17, 15) is 10.1 Å². The third-order valence-electron chi connectivity index (χ3n) is 6.28. The first-order valence-corrected chi connectivity index (χ1v) is 12.1. The number of anilines is 4. The van der Waals surface area contributed by atoms with Crippen LogP contribution in [-0.2, 0) is 4.74 Å². The molecule has 190 valence electrons. The molecule has 1 atom stereocenters. The summed E-state index contributed by atoms with van der Waals surface area (Å²) >= 11 is 6.22. The van der Waals surface area contributed by atoms with Gasteiger partial charge in [0, 0.05) is 48.7 Å². The second kappa shape index (κ2) is 10.3. The number of ether oxygens (including phenoxy) is 1. The highest BCUT2D eigenvalue weighted by molar-refractivity contribution is 6.31. The quantitative estimate of drug-likeness (QED) is 0.485. The van der Waals surface area contributed by atoms with Crippen molar-refractivity contribution in [1.82, 2.24) is 10.3 Å². The average Bonchev–Trinajstić information content (AvgIpc) is 2.99. The zero-order valence-corrected chi connectivity index (χ0v) is 20.6. The summed E-state index contributed by atoms with van der Waals surface area (Å²) in [5, 5.41) is 16.1. The van der Waals surface area contributed by atoms with E-state index < -0.39 is 23.4 Å². The van der Waals surface area contributed by atoms with Gasteiger partial charge in [0.25, 0.3) is 0 Å². The predicted molar refractivity (Wildman–Crippen MR) is 137 cm³/mol. The smallest absolute Gasteiger partial charge is 0.334 e. The summed E-state index contributed by atoms with van der Waals surface area (Å²) in [6.45, 7) is 4.12. The number of nitrogens with one attached hydrogen (secondary N) is 2. The molecule has 11 heteroatoms. The van der Waals surface area contributed by atoms with E-state index in [1.54, 1.807) is 25.1 Å². The van der Waals surface area contributed by atoms with E-state index in [1.807, 2.05) is 6.07 Å². The summed E-state index contributed by atoms with van der Waals surface area (Å²) in [5.41, 5.74) is 1.00. The van der Waals surface area contributed by atoms with Gasteiger partial charge in [-0.3, -0.25) is 9.80 Å². The molecular formula is C26H23ClF2N6O2. The lowest BCUT2D eigenvalue weighted by atomic mass is 10.0. The van der Waals surface area contributed by atoms with Gasteiger partial charge < -0.3 is 15.4 Å². The van der Waals surface area contributed by atoms with Gasteiger partial charge >= 0.3 is 6.03 Å². The third-order valence-corrected chi connectivity index (χ3v) is 6.48. The second-order valence-corrected chi connectivity index (χ2v) is 9.06. The standard InChI is InChI=1S/C26H23ClF2N6O2/c1-2-34-25-20(8-16(27)12-33-25)19-4-3-15(11-30)7-23(19)35(26(34)36)24-21(28)9-17(10-22(24)29)32-13-18-14-37-6-5-31-18/h3-4,7-10,12,18,31-32H,2,5-6,13-14H2,1H3/t18-/m1/s1. The van der Waals surface area contributed by atoms with Crippen molar-refractivity contribution in [3.63, 3.8) is 0 Å². The van der Waals surface area contributed by atoms with Crippen LogP contribution in [0.3, 0.4) is 0 Å². The number of benzene rings is 2. The molecule has 2 aromatic carbocycles. The predicted octanol–water partition coefficient (Wildman–Crippen LogP) is 5.05. The molecule has 0 bridgehead atoms. The van der Waals surface area contributed by atoms with Crippen LogP contribution in [0.5, 0.6) is 0 Å². The molecule has 2 amide bonds. The Hall–Kier alpha value is -3.78. The van der Waals surface area contributed by atoms with Crippen molar-refractivity contribution in [3.8, 4) is 17.2 Å². The first-order valence-electron chi connectivity index (χ1n) is 11.8. The third kappa shape index (κ3) is 4.69. The van der Waals surface area contributed by atoms with Crippen molar-refractivity contribution in [2.75, 3.05) is 48.0 Å². The van der Waals surface area contributed by atoms with Gasteiger partial charge in [-0.1, -0.05) is 17.7 Å². The Morgan fingerprint density at radius 3 is 2.70 bits per heavy atom. The van der Waals surface area contributed by atoms with Gasteiger partial charge in [0.2, 0.25) is 0 Å². The first-order chi connectivity index (χ1) is 17.9. The Morgan fingerprint density at radius 2 is 2.03 bits per heavy atom. The van der Waals surface area contributed by atoms with E-state index in [0.717, 1.165) is 17.0 Å². The molecule has 1 aromatic heterocycles. The average molecular weight is 525 g/mol. The van der Waals surface area contributed by atoms with E-state index >= 15 is 8.78 Å². The molecule has 0 radical (unpaired) electrons. The number of hydrogen-bond acceptors (Lipinski definition) is 6. The monoisotopic (exact) mass is 524 g/mol. The Bertz CT molecular complexity index is 1380. The Kier molecular flexibility index (Phi) is 6.93. The van der Waals surface area contributed by atoms with Crippen molar-refractivity contribution >= 4 is 40.5 Å². The molecule has 1 fully saturated rings. The van der Waals surface area contributed by atoms with Gasteiger partial charge in [-0.05, 0) is 37.3 Å². The number of fused-ring (bicyclic) bond motifs is 3. The van der Waals surface area contributed by atoms with Crippen LogP contribution >= 0.6 is 11.6 Å². The van der Waals surface area contributed by atoms with Crippen molar-refractivity contribution in [2.24, 2.45) is 0 Å². The van der Waals surface area contributed by atoms with Crippen LogP contribution in [0.1, 0.15) is 12.5 Å². The van der Waals surface area contributed by atoms with Crippen LogP contribution in [-0.4, -0.2) is 49.9 Å². The molecule has 0 spiro atoms. The van der Waals surface area contributed by atoms with E-state index in [1.165, 1.54) is 17.2 Å². The number of amides is 2. The number of urea groups is 1. The van der Waals surface area contributed by atoms with Crippen LogP contribution in [0.4, 0.5) is 36.5 Å². The maximum Gasteiger partial charge on any atom is 0.334 e. The highest BCUT2D eigenvalue weighted by Crippen LogP contribution is 2.45. The molecule has 2 aliphatic heterocycles. The van der Waals surface area contributed by atoms with Gasteiger partial charge in [-0.2, -0.15) is 5.26 Å². The summed E-state index contributed by atoms with van der Waals surface area (Å²) in [6, 6.07) is 9.85. The minimum absolute atomic E-state index is 0.000969. The van der Waals surface area contributed by atoms with Crippen molar-refractivity contribution in [2.45, 2.75) is 13.0 Å². The number of hydrogen-bond donors (Lipinski definition) is 2. The van der Waals surface area contributed by atoms with Crippen molar-refractivity contribution in [3.05, 3.63) is 64.8 Å². The molecule has 3 heterocycles. The molecule has 1 saturated heterocycles. The molecule has 0 unspecified atom stereocenters. The maximum absolute atomic E-state index is 15.6. The number of halogens is 3. The Labute approximate surface area is 217 Å². The molecule has 3 aromatic rings. The van der Waals surface area contributed by atoms with Crippen LogP contribution in [0.25, 0.3) is 11.1 Å². The highest BCUT2D eigenvalue weighted by Gasteiger charge is 2.36. The summed E-state index contributed by atoms with van der Waals surface area (Å²) in [4.78, 5) is 20.5. The lowest BCUT2D eigenvalue weighted by molar-refractivity contribution is 0.0806. The van der Waals surface area contributed by atoms with Crippen molar-refractivity contribution in [1.29, 1.82) is 5.26 Å². The Balaban J connectivity index is 1.62. The summed E-state index contributed by atoms with van der Waals surface area (Å²) in [7, 11) is 0. The van der Waals surface area contributed by atoms with Gasteiger partial charge in [-0.25, -0.2) is 18.6 Å². The van der Waals surface area contributed by atoms with Gasteiger partial charge in [0.05, 0.1) is 35.6 Å². The topological polar surface area (TPSA) is 93.5 Å². The molecule has 5 rings (SSSR count). The minimum Gasteiger partial charge on any atom is -0.383 e. The van der Waals surface area contributed by atoms with Crippen molar-refractivity contribution < 1.29 is 18.3 Å². The number of nitriles is 1. The number of rotatable bonds is 5. The Morgan fingerprint density at radius 1 is 1.24 bits per heavy atom. The van der Waals surface area contributed by atoms with Crippen LogP contribution in [0.15, 0.2) is 42.6 Å². The lowest BCUT2D eigenvalue weighted by Gasteiger charge is -2.29. The summed E-state index contributed by atoms with van der Waals surface area (Å²) < 4.78 is 36.7. The van der Waals surface area contributed by atoms with E-state index in [2.05, 4.69) is 15.6 Å². The van der Waals surface area contributed by atoms with E-state index in [0.29, 0.717) is 48.3 Å². The zero-order valence-electron chi connectivity index (χ0n) is 19.9. The van der Waals surface area contributed by atoms with E-state index in [4.69, 9.17) is 16.3 Å². The minimum atomic E-state index is -0.940. The molecule has 0 aliphatic carbocycles. The molecule has 8 nitrogen and oxygen atoms in total. The number of carbonyl (C=O) groups is 1. The summed E-state index contributed by atoms with van der Waals surface area (Å²) in [5.74, 6) is -1.58. The normalized spacial score (nSPS) is 17.1. The number of morpholine rings is 1. The zero-order chi connectivity index (χ0) is 26.1. The number of aromatic nitrogens is 1. The van der Waals surface area contributed by atoms with Crippen LogP contribution in [0.2, 0.25) is 5.02 Å². The number of pyridine rings is 1. The van der Waals surface area contributed by atoms with Gasteiger partial charge in [0.1, 0.15) is 11.5 Å². The van der Waals surface area contributed by atoms with E-state index in [-0.39, 0.29) is 29.5 Å². The summed E-state index contributed by atoms with van der Waals surface area (Å²) in [6.07, 6.45) is 1.41. The lowest BCUT2D eigenvalue weighted by Crippen LogP contribution is -2.45. The number of nitrogens with zero attached hydrogens (tertiary/aromatic N) is 4. The fourth-order valence-corrected chi connectivity index (χ4v) is 4.71. The highest BCUT2D eigenvalue weighted by atomic mass is 35.5. The van der Waals surface area contributed by atoms with Crippen LogP contribution < -0.4 is 20.4 Å². The molecule has 2 aliphatic rings. The first kappa shape index (κ1) is 24.9. The molecular weight excluding hydrogens is 502 g/mol. The molecule has 0 saturated carbocycles. The molecule has 2 N–H and O–H groups in total. The SMILES string of the molecule is CCN1C(=O)N(c2c(F)cc(NC[C@@H]3COCCN3)cc2F)c2cc(C#N)ccc2-c2cc(Cl)cnc21. The van der Waals surface area contributed by atoms with Gasteiger partial charge in [-0.15, -0.1) is 0 Å². The fraction of sp³-hybridized carbons (Fsp3) is 0.269. The number of carbonyl (C=O) groups excluding carboxylic acids is 1. The van der Waals surface area contributed by atoms with Gasteiger partial charge in [0.15, 0.2) is 11.6 Å². The largest absolute Gasteiger partial charge is 0.383 e. The van der Waals surface area contributed by atoms with Crippen LogP contribution in [0, 0.1) is 23.0 Å². The second-order valence-electron chi connectivity index (χ2n) is 8.63. The fourth-order valence-electron chi connectivity index (χ4n) is 4.55. The maximum atomic E-state index is 15.6. The molecule has 37 heavy (non-hydrogen) atoms.